The first-order valence-corrected chi connectivity index (χ1v) is 21.1. The summed E-state index contributed by atoms with van der Waals surface area (Å²) in [4.78, 5) is 24.3. The molecule has 0 spiro atoms. The van der Waals surface area contributed by atoms with Gasteiger partial charge in [0.05, 0.1) is 118 Å². The number of unbranched alkanes of at least 4 members (excludes halogenated alkanes) is 1. The number of amides is 1. The molecule has 0 aromatic heterocycles. The second-order valence-electron chi connectivity index (χ2n) is 13.5. The summed E-state index contributed by atoms with van der Waals surface area (Å²) in [7, 11) is 0. The molecule has 1 atom stereocenters. The van der Waals surface area contributed by atoms with Crippen molar-refractivity contribution >= 4 is 12.1 Å². The standard InChI is InChI=1S/C44H69NO13/c1-3-5-11-37(4-2)43(46)57-35-34-56-33-32-55-31-30-54-29-28-53-27-26-52-25-24-51-23-22-50-21-20-49-19-18-48-17-10-16-45-44(47)58-36-42-40-14-8-6-12-38(40)39-13-7-9-15-41(39)42/h6-9,12-15,37,42H,3-5,10-11,16-36H2,1-2H3,(H,45,47). The molecule has 0 saturated carbocycles. The summed E-state index contributed by atoms with van der Waals surface area (Å²) in [6.45, 7) is 13.7. The van der Waals surface area contributed by atoms with Crippen molar-refractivity contribution in [2.45, 2.75) is 51.9 Å². The topological polar surface area (TPSA) is 148 Å². The van der Waals surface area contributed by atoms with Crippen molar-refractivity contribution < 1.29 is 61.7 Å². The van der Waals surface area contributed by atoms with Gasteiger partial charge in [-0.2, -0.15) is 0 Å². The number of hydrogen-bond donors (Lipinski definition) is 1. The zero-order valence-corrected chi connectivity index (χ0v) is 35.0. The lowest BCUT2D eigenvalue weighted by molar-refractivity contribution is -0.150. The third-order valence-corrected chi connectivity index (χ3v) is 9.26. The molecule has 2 aromatic carbocycles. The highest BCUT2D eigenvalue weighted by molar-refractivity contribution is 5.79. The van der Waals surface area contributed by atoms with Crippen LogP contribution in [0.15, 0.2) is 48.5 Å². The van der Waals surface area contributed by atoms with Gasteiger partial charge in [0.25, 0.3) is 0 Å². The number of nitrogens with one attached hydrogen (secondary N) is 1. The largest absolute Gasteiger partial charge is 0.463 e. The molecular weight excluding hydrogens is 750 g/mol. The van der Waals surface area contributed by atoms with Gasteiger partial charge in [0.1, 0.15) is 13.2 Å². The van der Waals surface area contributed by atoms with Crippen LogP contribution in [0.4, 0.5) is 4.79 Å². The Labute approximate surface area is 345 Å². The Bertz CT molecular complexity index is 1290. The van der Waals surface area contributed by atoms with Crippen LogP contribution in [0.25, 0.3) is 11.1 Å². The fourth-order valence-corrected chi connectivity index (χ4v) is 6.13. The number of carbonyl (C=O) groups excluding carboxylic acids is 2. The van der Waals surface area contributed by atoms with Gasteiger partial charge in [-0.15, -0.1) is 0 Å². The van der Waals surface area contributed by atoms with Crippen molar-refractivity contribution in [1.82, 2.24) is 5.32 Å². The van der Waals surface area contributed by atoms with Crippen LogP contribution in [0, 0.1) is 5.92 Å². The number of benzene rings is 2. The summed E-state index contributed by atoms with van der Waals surface area (Å²) in [6.07, 6.45) is 4.08. The van der Waals surface area contributed by atoms with Crippen molar-refractivity contribution in [1.29, 1.82) is 0 Å². The molecule has 58 heavy (non-hydrogen) atoms. The minimum absolute atomic E-state index is 0.00936. The smallest absolute Gasteiger partial charge is 0.407 e. The summed E-state index contributed by atoms with van der Waals surface area (Å²) in [5.74, 6) is -0.0864. The molecule has 1 N–H and O–H groups in total. The number of fused-ring (bicyclic) bond motifs is 3. The molecule has 1 unspecified atom stereocenters. The quantitative estimate of drug-likeness (QED) is 0.0642. The van der Waals surface area contributed by atoms with Gasteiger partial charge in [0.2, 0.25) is 0 Å². The molecule has 0 fully saturated rings. The number of esters is 1. The number of carbonyl (C=O) groups is 2. The summed E-state index contributed by atoms with van der Waals surface area (Å²) >= 11 is 0. The van der Waals surface area contributed by atoms with Gasteiger partial charge in [0.15, 0.2) is 0 Å². The molecule has 0 bridgehead atoms. The van der Waals surface area contributed by atoms with Crippen molar-refractivity contribution in [2.75, 3.05) is 139 Å². The average molecular weight is 820 g/mol. The zero-order valence-electron chi connectivity index (χ0n) is 35.0. The van der Waals surface area contributed by atoms with E-state index in [1.165, 1.54) is 22.3 Å². The molecule has 14 nitrogen and oxygen atoms in total. The molecule has 328 valence electrons. The first kappa shape index (κ1) is 49.2. The van der Waals surface area contributed by atoms with E-state index in [0.29, 0.717) is 138 Å². The lowest BCUT2D eigenvalue weighted by atomic mass is 9.98. The van der Waals surface area contributed by atoms with Gasteiger partial charge in [-0.25, -0.2) is 4.79 Å². The van der Waals surface area contributed by atoms with Crippen LogP contribution in [-0.4, -0.2) is 151 Å². The van der Waals surface area contributed by atoms with E-state index >= 15 is 0 Å². The molecule has 0 saturated heterocycles. The van der Waals surface area contributed by atoms with E-state index in [1.807, 2.05) is 31.2 Å². The van der Waals surface area contributed by atoms with E-state index in [9.17, 15) is 9.59 Å². The van der Waals surface area contributed by atoms with Crippen LogP contribution in [0.3, 0.4) is 0 Å². The summed E-state index contributed by atoms with van der Waals surface area (Å²) in [6, 6.07) is 16.6. The zero-order chi connectivity index (χ0) is 41.1. The van der Waals surface area contributed by atoms with Crippen molar-refractivity contribution in [3.8, 4) is 11.1 Å². The normalized spacial score (nSPS) is 12.7. The van der Waals surface area contributed by atoms with Crippen LogP contribution in [0.2, 0.25) is 0 Å². The van der Waals surface area contributed by atoms with Crippen LogP contribution >= 0.6 is 0 Å². The fraction of sp³-hybridized carbons (Fsp3) is 0.682. The molecule has 0 radical (unpaired) electrons. The molecule has 1 aliphatic rings. The first-order valence-electron chi connectivity index (χ1n) is 21.1. The minimum Gasteiger partial charge on any atom is -0.463 e. The lowest BCUT2D eigenvalue weighted by Gasteiger charge is -2.14. The highest BCUT2D eigenvalue weighted by Gasteiger charge is 2.29. The third-order valence-electron chi connectivity index (χ3n) is 9.26. The maximum atomic E-state index is 12.3. The van der Waals surface area contributed by atoms with E-state index in [2.05, 4.69) is 36.5 Å². The fourth-order valence-electron chi connectivity index (χ4n) is 6.13. The summed E-state index contributed by atoms with van der Waals surface area (Å²) in [5, 5.41) is 2.81. The van der Waals surface area contributed by atoms with Crippen LogP contribution in [-0.2, 0) is 56.9 Å². The lowest BCUT2D eigenvalue weighted by Crippen LogP contribution is -2.27. The second-order valence-corrected chi connectivity index (χ2v) is 13.5. The predicted octanol–water partition coefficient (Wildman–Crippen LogP) is 5.82. The molecule has 0 heterocycles. The monoisotopic (exact) mass is 819 g/mol. The Balaban J connectivity index is 0.948. The van der Waals surface area contributed by atoms with E-state index in [1.54, 1.807) is 0 Å². The van der Waals surface area contributed by atoms with Crippen LogP contribution in [0.1, 0.15) is 63.0 Å². The van der Waals surface area contributed by atoms with E-state index in [4.69, 9.17) is 52.1 Å². The molecule has 0 aliphatic heterocycles. The maximum absolute atomic E-state index is 12.3. The SMILES string of the molecule is CCCCC(CC)C(=O)OCCOCCOCCOCCOCCOCCOCCOCCOCCOCCCNC(=O)OCC1c2ccccc2-c2ccccc21. The molecule has 14 heteroatoms. The maximum Gasteiger partial charge on any atom is 0.407 e. The highest BCUT2D eigenvalue weighted by atomic mass is 16.6. The Kier molecular flexibility index (Phi) is 28.5. The number of ether oxygens (including phenoxy) is 11. The molecule has 1 amide bonds. The second kappa shape index (κ2) is 33.6. The Hall–Kier alpha value is -3.18. The summed E-state index contributed by atoms with van der Waals surface area (Å²) in [5.41, 5.74) is 4.80. The Morgan fingerprint density at radius 2 is 0.914 bits per heavy atom. The van der Waals surface area contributed by atoms with E-state index in [-0.39, 0.29) is 24.4 Å². The van der Waals surface area contributed by atoms with Gasteiger partial charge < -0.3 is 57.4 Å². The minimum atomic E-state index is -0.417. The van der Waals surface area contributed by atoms with E-state index in [0.717, 1.165) is 25.7 Å². The first-order chi connectivity index (χ1) is 28.7. The van der Waals surface area contributed by atoms with Crippen molar-refractivity contribution in [3.63, 3.8) is 0 Å². The predicted molar refractivity (Wildman–Crippen MR) is 219 cm³/mol. The van der Waals surface area contributed by atoms with E-state index < -0.39 is 6.09 Å². The number of alkyl carbamates (subject to hydrolysis) is 1. The molecule has 1 aliphatic carbocycles. The highest BCUT2D eigenvalue weighted by Crippen LogP contribution is 2.44. The van der Waals surface area contributed by atoms with Gasteiger partial charge >= 0.3 is 12.1 Å². The van der Waals surface area contributed by atoms with Gasteiger partial charge in [-0.1, -0.05) is 75.2 Å². The van der Waals surface area contributed by atoms with Crippen molar-refractivity contribution in [3.05, 3.63) is 59.7 Å². The van der Waals surface area contributed by atoms with Crippen LogP contribution < -0.4 is 5.32 Å². The molecule has 3 rings (SSSR count). The Morgan fingerprint density at radius 3 is 1.33 bits per heavy atom. The average Bonchev–Trinajstić information content (AvgIpc) is 3.56. The summed E-state index contributed by atoms with van der Waals surface area (Å²) < 4.78 is 60.5. The molecular formula is C44H69NO13. The Morgan fingerprint density at radius 1 is 0.517 bits per heavy atom. The van der Waals surface area contributed by atoms with Gasteiger partial charge in [0, 0.05) is 19.1 Å². The van der Waals surface area contributed by atoms with Gasteiger partial charge in [-0.05, 0) is 41.5 Å². The molecule has 2 aromatic rings. The third kappa shape index (κ3) is 21.7. The van der Waals surface area contributed by atoms with Crippen molar-refractivity contribution in [2.24, 2.45) is 5.92 Å². The van der Waals surface area contributed by atoms with Gasteiger partial charge in [-0.3, -0.25) is 4.79 Å². The number of rotatable bonds is 38. The number of hydrogen-bond acceptors (Lipinski definition) is 13. The van der Waals surface area contributed by atoms with Crippen LogP contribution in [0.5, 0.6) is 0 Å².